The zero-order chi connectivity index (χ0) is 21.5. The van der Waals surface area contributed by atoms with Crippen LogP contribution in [0.4, 0.5) is 19.3 Å². The van der Waals surface area contributed by atoms with E-state index in [0.29, 0.717) is 6.54 Å². The number of hydrogen-bond donors (Lipinski definition) is 2. The molecule has 0 aliphatic carbocycles. The van der Waals surface area contributed by atoms with Gasteiger partial charge in [-0.1, -0.05) is 35.5 Å². The normalized spacial score (nSPS) is 10.5. The summed E-state index contributed by atoms with van der Waals surface area (Å²) in [7, 11) is 1.47. The van der Waals surface area contributed by atoms with Gasteiger partial charge >= 0.3 is 17.8 Å². The molecule has 2 N–H and O–H groups in total. The number of anilines is 1. The third-order valence-electron chi connectivity index (χ3n) is 4.15. The molecule has 0 bridgehead atoms. The first-order valence-electron chi connectivity index (χ1n) is 9.04. The Morgan fingerprint density at radius 3 is 2.67 bits per heavy atom. The summed E-state index contributed by atoms with van der Waals surface area (Å²) in [4.78, 5) is 29.5. The third-order valence-corrected chi connectivity index (χ3v) is 4.15. The zero-order valence-electron chi connectivity index (χ0n) is 16.1. The number of urea groups is 1. The lowest BCUT2D eigenvalue weighted by atomic mass is 10.2. The molecule has 0 radical (unpaired) electrons. The molecule has 0 saturated carbocycles. The van der Waals surface area contributed by atoms with E-state index in [0.717, 1.165) is 23.8 Å². The molecule has 156 valence electrons. The molecule has 3 amide bonds. The van der Waals surface area contributed by atoms with E-state index >= 15 is 0 Å². The molecule has 3 rings (SSSR count). The van der Waals surface area contributed by atoms with E-state index in [-0.39, 0.29) is 30.4 Å². The van der Waals surface area contributed by atoms with Crippen LogP contribution in [0, 0.1) is 11.6 Å². The average molecular weight is 415 g/mol. The third kappa shape index (κ3) is 5.60. The molecule has 0 unspecified atom stereocenters. The SMILES string of the molecule is CN(CCc1noc(C(=O)NCc2ccccc2)n1)C(=O)Nc1cc(F)ccc1F. The molecular formula is C20H19F2N5O3. The number of amides is 3. The molecule has 0 spiro atoms. The van der Waals surface area contributed by atoms with Crippen LogP contribution in [-0.4, -0.2) is 40.6 Å². The van der Waals surface area contributed by atoms with Crippen LogP contribution in [0.1, 0.15) is 22.1 Å². The molecule has 0 atom stereocenters. The van der Waals surface area contributed by atoms with E-state index in [9.17, 15) is 18.4 Å². The van der Waals surface area contributed by atoms with Crippen molar-refractivity contribution in [2.45, 2.75) is 13.0 Å². The second-order valence-corrected chi connectivity index (χ2v) is 6.41. The van der Waals surface area contributed by atoms with Gasteiger partial charge in [0, 0.05) is 32.6 Å². The van der Waals surface area contributed by atoms with Crippen LogP contribution >= 0.6 is 0 Å². The van der Waals surface area contributed by atoms with Crippen LogP contribution in [0.3, 0.4) is 0 Å². The fourth-order valence-electron chi connectivity index (χ4n) is 2.47. The lowest BCUT2D eigenvalue weighted by molar-refractivity contribution is 0.0907. The van der Waals surface area contributed by atoms with Gasteiger partial charge in [-0.3, -0.25) is 4.79 Å². The fourth-order valence-corrected chi connectivity index (χ4v) is 2.47. The maximum Gasteiger partial charge on any atom is 0.321 e. The number of benzene rings is 2. The van der Waals surface area contributed by atoms with E-state index in [4.69, 9.17) is 4.52 Å². The van der Waals surface area contributed by atoms with Gasteiger partial charge in [-0.05, 0) is 17.7 Å². The number of carbonyl (C=O) groups excluding carboxylic acids is 2. The number of likely N-dealkylation sites (N-methyl/N-ethyl adjacent to an activating group) is 1. The number of halogens is 2. The van der Waals surface area contributed by atoms with Crippen molar-refractivity contribution in [3.05, 3.63) is 77.4 Å². The predicted molar refractivity (Wildman–Crippen MR) is 104 cm³/mol. The number of aromatic nitrogens is 2. The van der Waals surface area contributed by atoms with E-state index in [1.54, 1.807) is 0 Å². The zero-order valence-corrected chi connectivity index (χ0v) is 16.1. The summed E-state index contributed by atoms with van der Waals surface area (Å²) in [6.07, 6.45) is 0.199. The van der Waals surface area contributed by atoms with Gasteiger partial charge in [-0.2, -0.15) is 4.98 Å². The Morgan fingerprint density at radius 1 is 1.13 bits per heavy atom. The first kappa shape index (κ1) is 20.9. The number of carbonyl (C=O) groups is 2. The van der Waals surface area contributed by atoms with Gasteiger partial charge in [0.05, 0.1) is 5.69 Å². The molecule has 10 heteroatoms. The highest BCUT2D eigenvalue weighted by Gasteiger charge is 2.17. The van der Waals surface area contributed by atoms with Gasteiger partial charge in [0.1, 0.15) is 11.6 Å². The van der Waals surface area contributed by atoms with Crippen LogP contribution in [0.2, 0.25) is 0 Å². The van der Waals surface area contributed by atoms with E-state index in [1.165, 1.54) is 11.9 Å². The van der Waals surface area contributed by atoms with Crippen molar-refractivity contribution in [3.8, 4) is 0 Å². The summed E-state index contributed by atoms with van der Waals surface area (Å²) in [6.45, 7) is 0.476. The van der Waals surface area contributed by atoms with Crippen molar-refractivity contribution in [3.63, 3.8) is 0 Å². The monoisotopic (exact) mass is 415 g/mol. The average Bonchev–Trinajstić information content (AvgIpc) is 3.22. The van der Waals surface area contributed by atoms with Gasteiger partial charge in [-0.25, -0.2) is 13.6 Å². The highest BCUT2D eigenvalue weighted by Crippen LogP contribution is 2.15. The Morgan fingerprint density at radius 2 is 1.90 bits per heavy atom. The Bertz CT molecular complexity index is 1030. The van der Waals surface area contributed by atoms with Gasteiger partial charge < -0.3 is 20.1 Å². The first-order chi connectivity index (χ1) is 14.4. The standard InChI is InChI=1S/C20H19F2N5O3/c1-27(20(29)24-16-11-14(21)7-8-15(16)22)10-9-17-25-19(30-26-17)18(28)23-12-13-5-3-2-4-6-13/h2-8,11H,9-10,12H2,1H3,(H,23,28)(H,24,29). The second kappa shape index (κ2) is 9.59. The Labute approximate surface area is 170 Å². The molecule has 2 aromatic carbocycles. The number of nitrogens with zero attached hydrogens (tertiary/aromatic N) is 3. The van der Waals surface area contributed by atoms with Crippen LogP contribution in [0.5, 0.6) is 0 Å². The Kier molecular flexibility index (Phi) is 6.68. The minimum absolute atomic E-state index is 0.160. The largest absolute Gasteiger partial charge is 0.344 e. The summed E-state index contributed by atoms with van der Waals surface area (Å²) >= 11 is 0. The van der Waals surface area contributed by atoms with E-state index in [2.05, 4.69) is 20.8 Å². The quantitative estimate of drug-likeness (QED) is 0.618. The van der Waals surface area contributed by atoms with Crippen molar-refractivity contribution in [2.75, 3.05) is 18.9 Å². The van der Waals surface area contributed by atoms with Crippen molar-refractivity contribution in [2.24, 2.45) is 0 Å². The van der Waals surface area contributed by atoms with Crippen molar-refractivity contribution >= 4 is 17.6 Å². The van der Waals surface area contributed by atoms with E-state index < -0.39 is 23.6 Å². The van der Waals surface area contributed by atoms with Crippen LogP contribution in [0.15, 0.2) is 53.1 Å². The summed E-state index contributed by atoms with van der Waals surface area (Å²) in [5.41, 5.74) is 0.664. The number of nitrogens with one attached hydrogen (secondary N) is 2. The lowest BCUT2D eigenvalue weighted by Crippen LogP contribution is -2.33. The van der Waals surface area contributed by atoms with Gasteiger partial charge in [0.15, 0.2) is 5.82 Å². The highest BCUT2D eigenvalue weighted by atomic mass is 19.1. The molecule has 1 heterocycles. The topological polar surface area (TPSA) is 100 Å². The summed E-state index contributed by atoms with van der Waals surface area (Å²) < 4.78 is 31.8. The van der Waals surface area contributed by atoms with Crippen LogP contribution in [-0.2, 0) is 13.0 Å². The van der Waals surface area contributed by atoms with Gasteiger partial charge in [0.25, 0.3) is 0 Å². The second-order valence-electron chi connectivity index (χ2n) is 6.41. The molecule has 3 aromatic rings. The molecular weight excluding hydrogens is 396 g/mol. The van der Waals surface area contributed by atoms with Crippen LogP contribution < -0.4 is 10.6 Å². The molecule has 8 nitrogen and oxygen atoms in total. The maximum atomic E-state index is 13.6. The van der Waals surface area contributed by atoms with Gasteiger partial charge in [0.2, 0.25) is 0 Å². The van der Waals surface area contributed by atoms with Crippen molar-refractivity contribution < 1.29 is 22.9 Å². The Balaban J connectivity index is 1.48. The maximum absolute atomic E-state index is 13.6. The molecule has 0 fully saturated rings. The summed E-state index contributed by atoms with van der Waals surface area (Å²) in [5, 5.41) is 8.68. The number of rotatable bonds is 7. The predicted octanol–water partition coefficient (Wildman–Crippen LogP) is 2.98. The lowest BCUT2D eigenvalue weighted by Gasteiger charge is -2.17. The molecule has 0 aliphatic heterocycles. The summed E-state index contributed by atoms with van der Waals surface area (Å²) in [6, 6.07) is 11.5. The minimum atomic E-state index is -0.748. The number of hydrogen-bond acceptors (Lipinski definition) is 5. The molecule has 0 saturated heterocycles. The van der Waals surface area contributed by atoms with Gasteiger partial charge in [-0.15, -0.1) is 0 Å². The molecule has 1 aromatic heterocycles. The molecule has 30 heavy (non-hydrogen) atoms. The van der Waals surface area contributed by atoms with Crippen LogP contribution in [0.25, 0.3) is 0 Å². The fraction of sp³-hybridized carbons (Fsp3) is 0.200. The van der Waals surface area contributed by atoms with Crippen molar-refractivity contribution in [1.29, 1.82) is 0 Å². The van der Waals surface area contributed by atoms with E-state index in [1.807, 2.05) is 30.3 Å². The minimum Gasteiger partial charge on any atom is -0.344 e. The van der Waals surface area contributed by atoms with Crippen molar-refractivity contribution in [1.82, 2.24) is 20.4 Å². The first-order valence-corrected chi connectivity index (χ1v) is 9.04. The smallest absolute Gasteiger partial charge is 0.321 e. The summed E-state index contributed by atoms with van der Waals surface area (Å²) in [5.74, 6) is -1.88. The highest BCUT2D eigenvalue weighted by molar-refractivity contribution is 5.89. The Hall–Kier alpha value is -3.82. The molecule has 0 aliphatic rings.